The van der Waals surface area contributed by atoms with Gasteiger partial charge in [0.25, 0.3) is 0 Å². The second-order valence-corrected chi connectivity index (χ2v) is 5.82. The first-order valence-corrected chi connectivity index (χ1v) is 6.92. The molecule has 0 aliphatic carbocycles. The number of hydrogen-bond donors (Lipinski definition) is 2. The van der Waals surface area contributed by atoms with Gasteiger partial charge in [-0.3, -0.25) is 0 Å². The molecule has 4 heteroatoms. The number of benzene rings is 1. The van der Waals surface area contributed by atoms with Crippen molar-refractivity contribution in [3.05, 3.63) is 35.6 Å². The number of hydrogen-bond acceptors (Lipinski definition) is 3. The zero-order valence-electron chi connectivity index (χ0n) is 11.5. The normalized spacial score (nSPS) is 26.3. The molecule has 1 aliphatic rings. The van der Waals surface area contributed by atoms with E-state index in [1.165, 1.54) is 12.1 Å². The maximum Gasteiger partial charge on any atom is 0.123 e. The minimum atomic E-state index is -0.571. The average Bonchev–Trinajstić information content (AvgIpc) is 2.36. The monoisotopic (exact) mass is 266 g/mol. The van der Waals surface area contributed by atoms with E-state index in [1.807, 2.05) is 6.92 Å². The predicted molar refractivity (Wildman–Crippen MR) is 74.2 cm³/mol. The van der Waals surface area contributed by atoms with Crippen molar-refractivity contribution in [2.75, 3.05) is 19.6 Å². The molecule has 106 valence electrons. The highest BCUT2D eigenvalue weighted by Crippen LogP contribution is 2.22. The van der Waals surface area contributed by atoms with Crippen LogP contribution in [0.2, 0.25) is 0 Å². The van der Waals surface area contributed by atoms with Gasteiger partial charge >= 0.3 is 0 Å². The molecule has 1 fully saturated rings. The summed E-state index contributed by atoms with van der Waals surface area (Å²) in [6.45, 7) is 4.49. The van der Waals surface area contributed by atoms with Gasteiger partial charge in [0, 0.05) is 19.1 Å². The standard InChI is InChI=1S/C15H23FN2O/c1-15(19)8-2-9-18(11-15)10-7-14(17)12-3-5-13(16)6-4-12/h3-6,14,19H,2,7-11,17H2,1H3. The van der Waals surface area contributed by atoms with Gasteiger partial charge < -0.3 is 15.7 Å². The smallest absolute Gasteiger partial charge is 0.123 e. The van der Waals surface area contributed by atoms with Gasteiger partial charge in [-0.2, -0.15) is 0 Å². The summed E-state index contributed by atoms with van der Waals surface area (Å²) in [5, 5.41) is 10.0. The highest BCUT2D eigenvalue weighted by Gasteiger charge is 2.28. The lowest BCUT2D eigenvalue weighted by molar-refractivity contribution is -0.0161. The highest BCUT2D eigenvalue weighted by molar-refractivity contribution is 5.19. The van der Waals surface area contributed by atoms with Crippen LogP contribution >= 0.6 is 0 Å². The van der Waals surface area contributed by atoms with Crippen LogP contribution in [0.5, 0.6) is 0 Å². The summed E-state index contributed by atoms with van der Waals surface area (Å²) in [5.74, 6) is -0.233. The van der Waals surface area contributed by atoms with Crippen molar-refractivity contribution in [1.82, 2.24) is 4.90 Å². The number of piperidine rings is 1. The van der Waals surface area contributed by atoms with Gasteiger partial charge in [-0.25, -0.2) is 4.39 Å². The van der Waals surface area contributed by atoms with Crippen LogP contribution in [-0.2, 0) is 0 Å². The molecular formula is C15H23FN2O. The Morgan fingerprint density at radius 2 is 2.11 bits per heavy atom. The molecule has 0 saturated carbocycles. The van der Waals surface area contributed by atoms with Gasteiger partial charge in [0.05, 0.1) is 5.60 Å². The number of rotatable bonds is 4. The Morgan fingerprint density at radius 1 is 1.42 bits per heavy atom. The van der Waals surface area contributed by atoms with E-state index in [0.29, 0.717) is 6.54 Å². The summed E-state index contributed by atoms with van der Waals surface area (Å²) in [5.41, 5.74) is 6.51. The fourth-order valence-electron chi connectivity index (χ4n) is 2.71. The molecule has 0 radical (unpaired) electrons. The third-order valence-electron chi connectivity index (χ3n) is 3.81. The summed E-state index contributed by atoms with van der Waals surface area (Å²) in [4.78, 5) is 2.26. The van der Waals surface area contributed by atoms with Crippen molar-refractivity contribution >= 4 is 0 Å². The third-order valence-corrected chi connectivity index (χ3v) is 3.81. The molecule has 1 heterocycles. The maximum atomic E-state index is 12.8. The van der Waals surface area contributed by atoms with Crippen LogP contribution in [0.25, 0.3) is 0 Å². The van der Waals surface area contributed by atoms with E-state index in [4.69, 9.17) is 5.73 Å². The van der Waals surface area contributed by atoms with Crippen molar-refractivity contribution in [2.45, 2.75) is 37.8 Å². The van der Waals surface area contributed by atoms with Crippen molar-refractivity contribution in [3.8, 4) is 0 Å². The van der Waals surface area contributed by atoms with Crippen LogP contribution in [0.3, 0.4) is 0 Å². The molecule has 1 saturated heterocycles. The van der Waals surface area contributed by atoms with E-state index in [-0.39, 0.29) is 11.9 Å². The lowest BCUT2D eigenvalue weighted by Crippen LogP contribution is -2.46. The third kappa shape index (κ3) is 4.27. The van der Waals surface area contributed by atoms with E-state index in [2.05, 4.69) is 4.90 Å². The summed E-state index contributed by atoms with van der Waals surface area (Å²) < 4.78 is 12.8. The SMILES string of the molecule is CC1(O)CCCN(CCC(N)c2ccc(F)cc2)C1. The molecule has 0 bridgehead atoms. The molecule has 1 aromatic rings. The average molecular weight is 266 g/mol. The molecule has 3 nitrogen and oxygen atoms in total. The highest BCUT2D eigenvalue weighted by atomic mass is 19.1. The Morgan fingerprint density at radius 3 is 2.74 bits per heavy atom. The zero-order valence-corrected chi connectivity index (χ0v) is 11.5. The van der Waals surface area contributed by atoms with Crippen molar-refractivity contribution in [2.24, 2.45) is 5.73 Å². The van der Waals surface area contributed by atoms with Crippen LogP contribution in [-0.4, -0.2) is 35.2 Å². The zero-order chi connectivity index (χ0) is 13.9. The fraction of sp³-hybridized carbons (Fsp3) is 0.600. The molecule has 0 amide bonds. The van der Waals surface area contributed by atoms with Crippen LogP contribution in [0, 0.1) is 5.82 Å². The first-order valence-electron chi connectivity index (χ1n) is 6.92. The summed E-state index contributed by atoms with van der Waals surface area (Å²) in [7, 11) is 0. The van der Waals surface area contributed by atoms with Gasteiger partial charge in [-0.15, -0.1) is 0 Å². The van der Waals surface area contributed by atoms with Gasteiger partial charge in [-0.05, 0) is 50.4 Å². The first-order chi connectivity index (χ1) is 8.96. The second-order valence-electron chi connectivity index (χ2n) is 5.82. The van der Waals surface area contributed by atoms with E-state index in [9.17, 15) is 9.50 Å². The number of halogens is 1. The minimum Gasteiger partial charge on any atom is -0.389 e. The Hall–Kier alpha value is -0.970. The van der Waals surface area contributed by atoms with Crippen LogP contribution < -0.4 is 5.73 Å². The molecule has 1 aliphatic heterocycles. The maximum absolute atomic E-state index is 12.8. The molecule has 2 atom stereocenters. The number of nitrogens with two attached hydrogens (primary N) is 1. The molecule has 2 unspecified atom stereocenters. The van der Waals surface area contributed by atoms with Crippen LogP contribution in [0.4, 0.5) is 4.39 Å². The number of nitrogens with zero attached hydrogens (tertiary/aromatic N) is 1. The number of likely N-dealkylation sites (tertiary alicyclic amines) is 1. The quantitative estimate of drug-likeness (QED) is 0.877. The van der Waals surface area contributed by atoms with E-state index < -0.39 is 5.60 Å². The lowest BCUT2D eigenvalue weighted by atomic mass is 9.94. The summed E-state index contributed by atoms with van der Waals surface area (Å²) >= 11 is 0. The lowest BCUT2D eigenvalue weighted by Gasteiger charge is -2.37. The first kappa shape index (κ1) is 14.4. The topological polar surface area (TPSA) is 49.5 Å². The molecule has 3 N–H and O–H groups in total. The Balaban J connectivity index is 1.83. The molecule has 19 heavy (non-hydrogen) atoms. The Kier molecular flexibility index (Phi) is 4.55. The fourth-order valence-corrected chi connectivity index (χ4v) is 2.71. The van der Waals surface area contributed by atoms with Crippen molar-refractivity contribution in [3.63, 3.8) is 0 Å². The second kappa shape index (κ2) is 5.99. The molecular weight excluding hydrogens is 243 g/mol. The van der Waals surface area contributed by atoms with Crippen molar-refractivity contribution < 1.29 is 9.50 Å². The number of β-amino-alcohol motifs (C(OH)–C–C–N with tert-alkyl or cyclic N) is 1. The molecule has 2 rings (SSSR count). The van der Waals surface area contributed by atoms with E-state index >= 15 is 0 Å². The Labute approximate surface area is 114 Å². The molecule has 1 aromatic carbocycles. The van der Waals surface area contributed by atoms with Crippen LogP contribution in [0.1, 0.15) is 37.8 Å². The largest absolute Gasteiger partial charge is 0.389 e. The van der Waals surface area contributed by atoms with E-state index in [1.54, 1.807) is 12.1 Å². The van der Waals surface area contributed by atoms with Gasteiger partial charge in [0.15, 0.2) is 0 Å². The molecule has 0 aromatic heterocycles. The molecule has 0 spiro atoms. The summed E-state index contributed by atoms with van der Waals surface area (Å²) in [6, 6.07) is 6.30. The van der Waals surface area contributed by atoms with Crippen molar-refractivity contribution in [1.29, 1.82) is 0 Å². The van der Waals surface area contributed by atoms with Crippen LogP contribution in [0.15, 0.2) is 24.3 Å². The number of aliphatic hydroxyl groups is 1. The van der Waals surface area contributed by atoms with Gasteiger partial charge in [0.2, 0.25) is 0 Å². The van der Waals surface area contributed by atoms with Gasteiger partial charge in [0.1, 0.15) is 5.82 Å². The minimum absolute atomic E-state index is 0.0764. The van der Waals surface area contributed by atoms with Gasteiger partial charge in [-0.1, -0.05) is 12.1 Å². The van der Waals surface area contributed by atoms with E-state index in [0.717, 1.165) is 37.9 Å². The summed E-state index contributed by atoms with van der Waals surface area (Å²) in [6.07, 6.45) is 2.72. The Bertz CT molecular complexity index is 405. The predicted octanol–water partition coefficient (Wildman–Crippen LogP) is 2.06.